The highest BCUT2D eigenvalue weighted by Gasteiger charge is 2.40. The molecule has 2 aliphatic carbocycles. The molecule has 0 aromatic carbocycles. The Morgan fingerprint density at radius 3 is 2.77 bits per heavy atom. The molecule has 2 aliphatic heterocycles. The minimum Gasteiger partial charge on any atom is -0.355 e. The van der Waals surface area contributed by atoms with Gasteiger partial charge in [0.05, 0.1) is 22.9 Å². The summed E-state index contributed by atoms with van der Waals surface area (Å²) in [6.45, 7) is 4.20. The van der Waals surface area contributed by atoms with Crippen molar-refractivity contribution in [1.82, 2.24) is 25.4 Å². The summed E-state index contributed by atoms with van der Waals surface area (Å²) < 4.78 is 0. The maximum atomic E-state index is 12.8. The molecule has 9 nitrogen and oxygen atoms in total. The summed E-state index contributed by atoms with van der Waals surface area (Å²) in [4.78, 5) is 32.9. The Hall–Kier alpha value is -4.01. The van der Waals surface area contributed by atoms with E-state index in [4.69, 9.17) is 15.1 Å². The van der Waals surface area contributed by atoms with Gasteiger partial charge in [-0.2, -0.15) is 5.10 Å². The van der Waals surface area contributed by atoms with Crippen LogP contribution in [0.25, 0.3) is 16.6 Å². The highest BCUT2D eigenvalue weighted by atomic mass is 16.1. The van der Waals surface area contributed by atoms with Crippen LogP contribution in [-0.2, 0) is 4.79 Å². The maximum Gasteiger partial charge on any atom is 0.227 e. The average molecular weight is 537 g/mol. The number of carbonyl (C=O) groups excluding carboxylic acids is 1. The summed E-state index contributed by atoms with van der Waals surface area (Å²) in [5.41, 5.74) is 9.62. The van der Waals surface area contributed by atoms with E-state index in [1.165, 1.54) is 25.7 Å². The van der Waals surface area contributed by atoms with Gasteiger partial charge in [0.1, 0.15) is 11.2 Å². The molecule has 1 saturated heterocycles. The fourth-order valence-corrected chi connectivity index (χ4v) is 6.50. The van der Waals surface area contributed by atoms with E-state index < -0.39 is 0 Å². The first-order chi connectivity index (χ1) is 19.6. The van der Waals surface area contributed by atoms with Gasteiger partial charge in [0, 0.05) is 42.5 Å². The van der Waals surface area contributed by atoms with E-state index in [0.29, 0.717) is 0 Å². The van der Waals surface area contributed by atoms with E-state index in [1.807, 2.05) is 24.5 Å². The smallest absolute Gasteiger partial charge is 0.227 e. The van der Waals surface area contributed by atoms with Crippen molar-refractivity contribution in [1.29, 1.82) is 0 Å². The number of pyridine rings is 2. The Balaban J connectivity index is 1.16. The third-order valence-electron chi connectivity index (χ3n) is 8.87. The Morgan fingerprint density at radius 2 is 1.93 bits per heavy atom. The molecule has 2 fully saturated rings. The molecule has 0 radical (unpaired) electrons. The summed E-state index contributed by atoms with van der Waals surface area (Å²) >= 11 is 0. The summed E-state index contributed by atoms with van der Waals surface area (Å²) in [7, 11) is 0. The molecule has 5 heterocycles. The van der Waals surface area contributed by atoms with Crippen molar-refractivity contribution < 1.29 is 4.79 Å². The molecular formula is C31H36N8O. The Labute approximate surface area is 234 Å². The molecule has 206 valence electrons. The number of hydrogen-bond donors (Lipinski definition) is 3. The number of nitrogens with zero attached hydrogens (tertiary/aromatic N) is 5. The van der Waals surface area contributed by atoms with Gasteiger partial charge in [-0.3, -0.25) is 15.2 Å². The molecule has 0 bridgehead atoms. The van der Waals surface area contributed by atoms with Gasteiger partial charge in [-0.1, -0.05) is 25.3 Å². The van der Waals surface area contributed by atoms with Crippen LogP contribution in [0.3, 0.4) is 0 Å². The number of aromatic amines is 1. The zero-order chi connectivity index (χ0) is 27.1. The molecule has 1 atom stereocenters. The lowest BCUT2D eigenvalue weighted by atomic mass is 9.80. The fourth-order valence-electron chi connectivity index (χ4n) is 6.50. The molecule has 9 heteroatoms. The Bertz CT molecular complexity index is 1540. The van der Waals surface area contributed by atoms with Crippen molar-refractivity contribution in [3.8, 4) is 0 Å². The number of hydrazone groups is 1. The van der Waals surface area contributed by atoms with E-state index in [2.05, 4.69) is 44.7 Å². The predicted octanol–water partition coefficient (Wildman–Crippen LogP) is 5.34. The van der Waals surface area contributed by atoms with E-state index in [-0.39, 0.29) is 17.4 Å². The first-order valence-electron chi connectivity index (χ1n) is 14.7. The monoisotopic (exact) mass is 536 g/mol. The third kappa shape index (κ3) is 4.57. The second kappa shape index (κ2) is 10.2. The van der Waals surface area contributed by atoms with Gasteiger partial charge >= 0.3 is 0 Å². The fraction of sp³-hybridized carbons (Fsp3) is 0.452. The summed E-state index contributed by atoms with van der Waals surface area (Å²) in [5, 5.41) is 7.88. The number of aromatic nitrogens is 4. The summed E-state index contributed by atoms with van der Waals surface area (Å²) in [5.74, 6) is 1.91. The second-order valence-electron chi connectivity index (χ2n) is 11.8. The summed E-state index contributed by atoms with van der Waals surface area (Å²) in [6.07, 6.45) is 19.7. The van der Waals surface area contributed by atoms with E-state index in [9.17, 15) is 4.79 Å². The number of H-pyrrole nitrogens is 1. The molecule has 1 unspecified atom stereocenters. The van der Waals surface area contributed by atoms with Crippen LogP contribution in [-0.4, -0.2) is 50.2 Å². The first-order valence-corrected chi connectivity index (χ1v) is 14.7. The number of allylic oxidation sites excluding steroid dienone is 2. The van der Waals surface area contributed by atoms with E-state index in [0.717, 1.165) is 96.0 Å². The number of anilines is 2. The van der Waals surface area contributed by atoms with Gasteiger partial charge in [0.25, 0.3) is 0 Å². The van der Waals surface area contributed by atoms with Crippen molar-refractivity contribution in [3.05, 3.63) is 59.8 Å². The largest absolute Gasteiger partial charge is 0.355 e. The lowest BCUT2D eigenvalue weighted by Crippen LogP contribution is -2.38. The first kappa shape index (κ1) is 25.0. The zero-order valence-electron chi connectivity index (χ0n) is 23.0. The van der Waals surface area contributed by atoms with Crippen LogP contribution < -0.4 is 15.6 Å². The number of amides is 1. The molecular weight excluding hydrogens is 500 g/mol. The normalized spacial score (nSPS) is 23.2. The van der Waals surface area contributed by atoms with Crippen molar-refractivity contribution in [3.63, 3.8) is 0 Å². The lowest BCUT2D eigenvalue weighted by molar-refractivity contribution is -0.120. The van der Waals surface area contributed by atoms with Crippen LogP contribution in [0.4, 0.5) is 11.5 Å². The highest BCUT2D eigenvalue weighted by Crippen LogP contribution is 2.38. The molecule has 3 aromatic rings. The topological polar surface area (TPSA) is 111 Å². The van der Waals surface area contributed by atoms with Crippen LogP contribution in [0.1, 0.15) is 76.1 Å². The molecule has 3 N–H and O–H groups in total. The van der Waals surface area contributed by atoms with Crippen LogP contribution >= 0.6 is 0 Å². The molecule has 40 heavy (non-hydrogen) atoms. The average Bonchev–Trinajstić information content (AvgIpc) is 3.58. The molecule has 1 amide bonds. The van der Waals surface area contributed by atoms with Crippen molar-refractivity contribution in [2.75, 3.05) is 23.3 Å². The lowest BCUT2D eigenvalue weighted by Gasteiger charge is -2.28. The van der Waals surface area contributed by atoms with Crippen molar-refractivity contribution >= 4 is 39.7 Å². The minimum atomic E-state index is -0.313. The van der Waals surface area contributed by atoms with Crippen LogP contribution in [0.5, 0.6) is 0 Å². The van der Waals surface area contributed by atoms with Crippen molar-refractivity contribution in [2.24, 2.45) is 11.0 Å². The van der Waals surface area contributed by atoms with Gasteiger partial charge in [-0.05, 0) is 69.2 Å². The van der Waals surface area contributed by atoms with Gasteiger partial charge in [-0.25, -0.2) is 9.97 Å². The molecule has 7 rings (SSSR count). The SMILES string of the molecule is CC12CC=C(c3cncc(NC(=O)C4CCCCC4)c3)C=C1C(c1nc3c(N4CCCCC4)nccc3[nH]1)=NN2. The highest BCUT2D eigenvalue weighted by molar-refractivity contribution is 6.16. The second-order valence-corrected chi connectivity index (χ2v) is 11.8. The Morgan fingerprint density at radius 1 is 1.10 bits per heavy atom. The van der Waals surface area contributed by atoms with E-state index >= 15 is 0 Å². The summed E-state index contributed by atoms with van der Waals surface area (Å²) in [6, 6.07) is 4.01. The molecule has 1 saturated carbocycles. The van der Waals surface area contributed by atoms with Gasteiger partial charge < -0.3 is 15.2 Å². The third-order valence-corrected chi connectivity index (χ3v) is 8.87. The molecule has 0 spiro atoms. The number of carbonyl (C=O) groups is 1. The van der Waals surface area contributed by atoms with Gasteiger partial charge in [0.2, 0.25) is 5.91 Å². The number of hydrogen-bond acceptors (Lipinski definition) is 7. The van der Waals surface area contributed by atoms with Crippen LogP contribution in [0.2, 0.25) is 0 Å². The molecule has 4 aliphatic rings. The number of piperidine rings is 1. The van der Waals surface area contributed by atoms with Gasteiger partial charge in [-0.15, -0.1) is 0 Å². The Kier molecular flexibility index (Phi) is 6.37. The quantitative estimate of drug-likeness (QED) is 0.406. The maximum absolute atomic E-state index is 12.8. The van der Waals surface area contributed by atoms with Gasteiger partial charge in [0.15, 0.2) is 11.6 Å². The van der Waals surface area contributed by atoms with Crippen LogP contribution in [0.15, 0.2) is 53.5 Å². The van der Waals surface area contributed by atoms with Crippen molar-refractivity contribution in [2.45, 2.75) is 70.3 Å². The standard InChI is InChI=1S/C31H36N8O/c1-31-12-10-21(22-16-23(19-32-18-22)34-30(40)20-8-4-2-5-9-20)17-24(31)26(37-38-31)28-35-25-11-13-33-29(27(25)36-28)39-14-6-3-7-15-39/h10-11,13,16-20,38H,2-9,12,14-15H2,1H3,(H,34,40)(H,35,36). The number of rotatable bonds is 5. The number of fused-ring (bicyclic) bond motifs is 2. The number of imidazole rings is 1. The number of nitrogens with one attached hydrogen (secondary N) is 3. The van der Waals surface area contributed by atoms with Crippen LogP contribution in [0, 0.1) is 5.92 Å². The molecule has 3 aromatic heterocycles. The zero-order valence-corrected chi connectivity index (χ0v) is 23.0. The van der Waals surface area contributed by atoms with E-state index in [1.54, 1.807) is 6.20 Å². The predicted molar refractivity (Wildman–Crippen MR) is 158 cm³/mol. The minimum absolute atomic E-state index is 0.104.